The van der Waals surface area contributed by atoms with Crippen molar-refractivity contribution in [1.29, 1.82) is 5.26 Å². The predicted molar refractivity (Wildman–Crippen MR) is 81.7 cm³/mol. The zero-order chi connectivity index (χ0) is 16.4. The molecule has 0 amide bonds. The lowest BCUT2D eigenvalue weighted by atomic mass is 10.2. The molecule has 0 N–H and O–H groups in total. The van der Waals surface area contributed by atoms with Crippen LogP contribution in [0.25, 0.3) is 16.6 Å². The van der Waals surface area contributed by atoms with E-state index in [1.54, 1.807) is 42.0 Å². The first-order chi connectivity index (χ1) is 11.1. The van der Waals surface area contributed by atoms with Gasteiger partial charge in [-0.15, -0.1) is 0 Å². The van der Waals surface area contributed by atoms with Gasteiger partial charge in [0.15, 0.2) is 11.4 Å². The highest BCUT2D eigenvalue weighted by molar-refractivity contribution is 5.94. The van der Waals surface area contributed by atoms with Crippen molar-refractivity contribution in [3.8, 4) is 11.8 Å². The van der Waals surface area contributed by atoms with Gasteiger partial charge in [0.1, 0.15) is 11.9 Å². The summed E-state index contributed by atoms with van der Waals surface area (Å²) in [5.41, 5.74) is 1.46. The molecule has 3 aromatic rings. The summed E-state index contributed by atoms with van der Waals surface area (Å²) in [7, 11) is 0. The van der Waals surface area contributed by atoms with Gasteiger partial charge in [-0.3, -0.25) is 0 Å². The lowest BCUT2D eigenvalue weighted by Gasteiger charge is -2.07. The van der Waals surface area contributed by atoms with E-state index in [1.165, 1.54) is 12.1 Å². The minimum atomic E-state index is -0.569. The van der Waals surface area contributed by atoms with E-state index in [2.05, 4.69) is 4.98 Å². The highest BCUT2D eigenvalue weighted by Gasteiger charge is 2.16. The van der Waals surface area contributed by atoms with E-state index in [0.717, 1.165) is 0 Å². The Morgan fingerprint density at radius 1 is 1.35 bits per heavy atom. The van der Waals surface area contributed by atoms with E-state index < -0.39 is 5.97 Å². The molecule has 23 heavy (non-hydrogen) atoms. The fourth-order valence-corrected chi connectivity index (χ4v) is 2.37. The molecule has 0 aliphatic rings. The average Bonchev–Trinajstić information content (AvgIpc) is 2.99. The Hall–Kier alpha value is -3.20. The Bertz CT molecular complexity index is 923. The summed E-state index contributed by atoms with van der Waals surface area (Å²) in [5.74, 6) is -0.908. The van der Waals surface area contributed by atoms with Crippen LogP contribution in [0.4, 0.5) is 4.39 Å². The molecule has 0 saturated carbocycles. The third kappa shape index (κ3) is 2.64. The molecule has 3 rings (SSSR count). The lowest BCUT2D eigenvalue weighted by molar-refractivity contribution is 0.0519. The van der Waals surface area contributed by atoms with E-state index in [0.29, 0.717) is 16.6 Å². The van der Waals surface area contributed by atoms with Gasteiger partial charge in [0.2, 0.25) is 0 Å². The van der Waals surface area contributed by atoms with Crippen LogP contribution in [0, 0.1) is 17.1 Å². The normalized spacial score (nSPS) is 10.5. The predicted octanol–water partition coefficient (Wildman–Crippen LogP) is 3.21. The maximum atomic E-state index is 13.1. The number of nitrogens with zero attached hydrogens (tertiary/aromatic N) is 3. The standard InChI is InChI=1S/C17H12FN3O2/c1-2-23-17(22)14-9-11-7-8-21(16(11)15(10-19)20-14)13-5-3-12(18)4-6-13/h3-9H,2H2,1H3. The van der Waals surface area contributed by atoms with Crippen molar-refractivity contribution in [3.63, 3.8) is 0 Å². The summed E-state index contributed by atoms with van der Waals surface area (Å²) < 4.78 is 19.7. The molecule has 2 heterocycles. The van der Waals surface area contributed by atoms with Crippen molar-refractivity contribution in [2.24, 2.45) is 0 Å². The largest absolute Gasteiger partial charge is 0.461 e. The number of fused-ring (bicyclic) bond motifs is 1. The summed E-state index contributed by atoms with van der Waals surface area (Å²) in [4.78, 5) is 15.9. The van der Waals surface area contributed by atoms with Crippen molar-refractivity contribution < 1.29 is 13.9 Å². The fourth-order valence-electron chi connectivity index (χ4n) is 2.37. The Morgan fingerprint density at radius 3 is 2.74 bits per heavy atom. The third-order valence-corrected chi connectivity index (χ3v) is 3.36. The number of pyridine rings is 1. The molecule has 2 aromatic heterocycles. The molecule has 0 aliphatic carbocycles. The number of carbonyl (C=O) groups is 1. The summed E-state index contributed by atoms with van der Waals surface area (Å²) in [6, 6.07) is 11.2. The van der Waals surface area contributed by atoms with Gasteiger partial charge in [-0.25, -0.2) is 14.2 Å². The smallest absolute Gasteiger partial charge is 0.356 e. The first-order valence-electron chi connectivity index (χ1n) is 6.99. The quantitative estimate of drug-likeness (QED) is 0.697. The molecule has 0 saturated heterocycles. The number of esters is 1. The van der Waals surface area contributed by atoms with Gasteiger partial charge in [0, 0.05) is 17.3 Å². The Morgan fingerprint density at radius 2 is 2.09 bits per heavy atom. The summed E-state index contributed by atoms with van der Waals surface area (Å²) in [6.07, 6.45) is 1.75. The number of aromatic nitrogens is 2. The van der Waals surface area contributed by atoms with Crippen LogP contribution < -0.4 is 0 Å². The van der Waals surface area contributed by atoms with Gasteiger partial charge in [-0.1, -0.05) is 0 Å². The molecule has 0 unspecified atom stereocenters. The monoisotopic (exact) mass is 309 g/mol. The van der Waals surface area contributed by atoms with Gasteiger partial charge in [0.05, 0.1) is 12.1 Å². The molecule has 0 aliphatic heterocycles. The number of ether oxygens (including phenoxy) is 1. The average molecular weight is 309 g/mol. The fraction of sp³-hybridized carbons (Fsp3) is 0.118. The van der Waals surface area contributed by atoms with Gasteiger partial charge in [-0.2, -0.15) is 5.26 Å². The van der Waals surface area contributed by atoms with Crippen LogP contribution in [-0.4, -0.2) is 22.1 Å². The molecule has 0 bridgehead atoms. The summed E-state index contributed by atoms with van der Waals surface area (Å²) >= 11 is 0. The van der Waals surface area contributed by atoms with E-state index in [9.17, 15) is 14.4 Å². The van der Waals surface area contributed by atoms with E-state index >= 15 is 0 Å². The molecular weight excluding hydrogens is 297 g/mol. The number of benzene rings is 1. The van der Waals surface area contributed by atoms with Crippen LogP contribution in [0.15, 0.2) is 42.6 Å². The molecular formula is C17H12FN3O2. The number of hydrogen-bond acceptors (Lipinski definition) is 4. The first kappa shape index (κ1) is 14.7. The van der Waals surface area contributed by atoms with Crippen LogP contribution in [0.3, 0.4) is 0 Å². The second-order valence-electron chi connectivity index (χ2n) is 4.79. The van der Waals surface area contributed by atoms with E-state index in [1.807, 2.05) is 6.07 Å². The van der Waals surface area contributed by atoms with E-state index in [-0.39, 0.29) is 23.8 Å². The number of nitriles is 1. The highest BCUT2D eigenvalue weighted by atomic mass is 19.1. The van der Waals surface area contributed by atoms with Crippen molar-refractivity contribution in [2.75, 3.05) is 6.61 Å². The lowest BCUT2D eigenvalue weighted by Crippen LogP contribution is -2.08. The van der Waals surface area contributed by atoms with Crippen molar-refractivity contribution in [3.05, 3.63) is 59.8 Å². The van der Waals surface area contributed by atoms with Crippen LogP contribution in [0.1, 0.15) is 23.1 Å². The third-order valence-electron chi connectivity index (χ3n) is 3.36. The zero-order valence-electron chi connectivity index (χ0n) is 12.3. The number of carbonyl (C=O) groups excluding carboxylic acids is 1. The molecule has 0 radical (unpaired) electrons. The molecule has 114 valence electrons. The van der Waals surface area contributed by atoms with Gasteiger partial charge < -0.3 is 9.30 Å². The summed E-state index contributed by atoms with van der Waals surface area (Å²) in [6.45, 7) is 1.93. The highest BCUT2D eigenvalue weighted by Crippen LogP contribution is 2.24. The molecule has 5 nitrogen and oxygen atoms in total. The Kier molecular flexibility index (Phi) is 3.77. The van der Waals surface area contributed by atoms with Crippen LogP contribution in [0.2, 0.25) is 0 Å². The molecule has 0 fully saturated rings. The molecule has 1 aromatic carbocycles. The minimum Gasteiger partial charge on any atom is -0.461 e. The van der Waals surface area contributed by atoms with Crippen LogP contribution >= 0.6 is 0 Å². The first-order valence-corrected chi connectivity index (χ1v) is 6.99. The van der Waals surface area contributed by atoms with E-state index in [4.69, 9.17) is 4.74 Å². The summed E-state index contributed by atoms with van der Waals surface area (Å²) in [5, 5.41) is 10.1. The topological polar surface area (TPSA) is 67.9 Å². The maximum Gasteiger partial charge on any atom is 0.356 e. The van der Waals surface area contributed by atoms with Crippen LogP contribution in [0.5, 0.6) is 0 Å². The van der Waals surface area contributed by atoms with Crippen molar-refractivity contribution in [1.82, 2.24) is 9.55 Å². The SMILES string of the molecule is CCOC(=O)c1cc2ccn(-c3ccc(F)cc3)c2c(C#N)n1. The van der Waals surface area contributed by atoms with Gasteiger partial charge in [-0.05, 0) is 43.3 Å². The molecule has 0 atom stereocenters. The van der Waals surface area contributed by atoms with Crippen LogP contribution in [-0.2, 0) is 4.74 Å². The zero-order valence-corrected chi connectivity index (χ0v) is 12.3. The van der Waals surface area contributed by atoms with Crippen molar-refractivity contribution >= 4 is 16.9 Å². The second-order valence-corrected chi connectivity index (χ2v) is 4.79. The Balaban J connectivity index is 2.18. The maximum absolute atomic E-state index is 13.1. The second kappa shape index (κ2) is 5.89. The Labute approximate surface area is 131 Å². The molecule has 0 spiro atoms. The number of hydrogen-bond donors (Lipinski definition) is 0. The minimum absolute atomic E-state index is 0.0905. The number of halogens is 1. The molecule has 6 heteroatoms. The van der Waals surface area contributed by atoms with Crippen molar-refractivity contribution in [2.45, 2.75) is 6.92 Å². The number of rotatable bonds is 3. The van der Waals surface area contributed by atoms with Gasteiger partial charge >= 0.3 is 5.97 Å². The van der Waals surface area contributed by atoms with Gasteiger partial charge in [0.25, 0.3) is 0 Å².